The van der Waals surface area contributed by atoms with Gasteiger partial charge in [-0.15, -0.1) is 0 Å². The summed E-state index contributed by atoms with van der Waals surface area (Å²) in [4.78, 5) is 34.8. The molecular weight excluding hydrogens is 665 g/mol. The number of esters is 2. The van der Waals surface area contributed by atoms with E-state index in [4.69, 9.17) is 24.3 Å². The van der Waals surface area contributed by atoms with Gasteiger partial charge < -0.3 is 20.1 Å². The predicted molar refractivity (Wildman–Crippen MR) is 210 cm³/mol. The summed E-state index contributed by atoms with van der Waals surface area (Å²) < 4.78 is 32.7. The van der Waals surface area contributed by atoms with Gasteiger partial charge in [0.2, 0.25) is 0 Å². The van der Waals surface area contributed by atoms with Gasteiger partial charge in [-0.2, -0.15) is 0 Å². The Morgan fingerprint density at radius 3 is 1.55 bits per heavy atom. The molecule has 2 atom stereocenters. The molecule has 0 amide bonds. The SMILES string of the molecule is CCCCCC=CCC=CCC=CCCCCCCC(=O)OCC(COP(=O)(O)OCCN)OC(=O)CCCCCCCCCCCCCCC. The summed E-state index contributed by atoms with van der Waals surface area (Å²) in [5.74, 6) is -0.852. The summed E-state index contributed by atoms with van der Waals surface area (Å²) in [6.45, 7) is 3.67. The quantitative estimate of drug-likeness (QED) is 0.0274. The van der Waals surface area contributed by atoms with Gasteiger partial charge in [0, 0.05) is 19.4 Å². The molecule has 0 aromatic carbocycles. The van der Waals surface area contributed by atoms with E-state index < -0.39 is 32.5 Å². The van der Waals surface area contributed by atoms with Crippen molar-refractivity contribution in [1.82, 2.24) is 0 Å². The molecule has 0 aliphatic heterocycles. The molecule has 298 valence electrons. The van der Waals surface area contributed by atoms with Crippen LogP contribution in [0, 0.1) is 0 Å². The Labute approximate surface area is 312 Å². The summed E-state index contributed by atoms with van der Waals surface area (Å²) in [7, 11) is -4.38. The third kappa shape index (κ3) is 37.8. The second-order valence-corrected chi connectivity index (χ2v) is 15.0. The van der Waals surface area contributed by atoms with Crippen LogP contribution in [0.4, 0.5) is 0 Å². The molecule has 2 unspecified atom stereocenters. The zero-order valence-corrected chi connectivity index (χ0v) is 33.5. The van der Waals surface area contributed by atoms with E-state index in [0.29, 0.717) is 12.8 Å². The monoisotopic (exact) mass is 742 g/mol. The fourth-order valence-electron chi connectivity index (χ4n) is 5.46. The van der Waals surface area contributed by atoms with E-state index >= 15 is 0 Å². The van der Waals surface area contributed by atoms with E-state index in [2.05, 4.69) is 50.3 Å². The van der Waals surface area contributed by atoms with Crippen LogP contribution >= 0.6 is 7.82 Å². The zero-order chi connectivity index (χ0) is 37.5. The van der Waals surface area contributed by atoms with Gasteiger partial charge in [0.1, 0.15) is 6.61 Å². The lowest BCUT2D eigenvalue weighted by Gasteiger charge is -2.19. The number of carbonyl (C=O) groups excluding carboxylic acids is 2. The van der Waals surface area contributed by atoms with Crippen LogP contribution < -0.4 is 5.73 Å². The molecule has 9 nitrogen and oxygen atoms in total. The summed E-state index contributed by atoms with van der Waals surface area (Å²) in [6, 6.07) is 0. The van der Waals surface area contributed by atoms with Gasteiger partial charge in [-0.05, 0) is 51.4 Å². The van der Waals surface area contributed by atoms with Crippen molar-refractivity contribution in [2.24, 2.45) is 5.73 Å². The van der Waals surface area contributed by atoms with E-state index in [9.17, 15) is 19.0 Å². The molecule has 0 saturated carbocycles. The summed E-state index contributed by atoms with van der Waals surface area (Å²) in [6.07, 6.45) is 40.2. The molecule has 0 bridgehead atoms. The molecule has 10 heteroatoms. The van der Waals surface area contributed by atoms with Crippen LogP contribution in [0.5, 0.6) is 0 Å². The standard InChI is InChI=1S/C41H76NO8P/c1-3-5-7-9-11-13-15-17-18-19-20-22-23-25-27-29-31-33-40(43)47-37-39(38-49-51(45,46)48-36-35-42)50-41(44)34-32-30-28-26-24-21-16-14-12-10-8-6-4-2/h11,13,17-18,20,22,39H,3-10,12,14-16,19,21,23-38,42H2,1-2H3,(H,45,46). The van der Waals surface area contributed by atoms with Crippen molar-refractivity contribution in [1.29, 1.82) is 0 Å². The number of unbranched alkanes of at least 4 members (excludes halogenated alkanes) is 19. The summed E-state index contributed by atoms with van der Waals surface area (Å²) in [5, 5.41) is 0. The van der Waals surface area contributed by atoms with Crippen molar-refractivity contribution >= 4 is 19.8 Å². The zero-order valence-electron chi connectivity index (χ0n) is 32.6. The number of hydrogen-bond acceptors (Lipinski definition) is 8. The second kappa shape index (κ2) is 38.0. The number of nitrogens with two attached hydrogens (primary N) is 1. The van der Waals surface area contributed by atoms with Gasteiger partial charge in [-0.1, -0.05) is 153 Å². The molecule has 0 aromatic heterocycles. The smallest absolute Gasteiger partial charge is 0.462 e. The number of phosphoric acid groups is 1. The molecule has 0 aliphatic rings. The van der Waals surface area contributed by atoms with Crippen LogP contribution in [-0.2, 0) is 32.7 Å². The average Bonchev–Trinajstić information content (AvgIpc) is 3.11. The van der Waals surface area contributed by atoms with E-state index in [0.717, 1.165) is 51.4 Å². The first-order chi connectivity index (χ1) is 24.8. The molecule has 0 rings (SSSR count). The lowest BCUT2D eigenvalue weighted by molar-refractivity contribution is -0.161. The topological polar surface area (TPSA) is 134 Å². The Morgan fingerprint density at radius 1 is 0.588 bits per heavy atom. The highest BCUT2D eigenvalue weighted by atomic mass is 31.2. The Hall–Kier alpha value is -1.77. The maximum Gasteiger partial charge on any atom is 0.472 e. The van der Waals surface area contributed by atoms with E-state index in [1.165, 1.54) is 89.9 Å². The third-order valence-electron chi connectivity index (χ3n) is 8.53. The van der Waals surface area contributed by atoms with Crippen LogP contribution in [0.1, 0.15) is 181 Å². The van der Waals surface area contributed by atoms with Gasteiger partial charge in [-0.25, -0.2) is 4.57 Å². The van der Waals surface area contributed by atoms with Crippen molar-refractivity contribution in [3.05, 3.63) is 36.5 Å². The van der Waals surface area contributed by atoms with Crippen molar-refractivity contribution in [3.63, 3.8) is 0 Å². The number of hydrogen-bond donors (Lipinski definition) is 2. The number of carbonyl (C=O) groups is 2. The van der Waals surface area contributed by atoms with Crippen LogP contribution in [0.3, 0.4) is 0 Å². The molecule has 0 saturated heterocycles. The van der Waals surface area contributed by atoms with Crippen molar-refractivity contribution in [2.45, 2.75) is 187 Å². The van der Waals surface area contributed by atoms with Crippen molar-refractivity contribution in [2.75, 3.05) is 26.4 Å². The van der Waals surface area contributed by atoms with E-state index in [1.54, 1.807) is 0 Å². The third-order valence-corrected chi connectivity index (χ3v) is 9.51. The summed E-state index contributed by atoms with van der Waals surface area (Å²) >= 11 is 0. The minimum Gasteiger partial charge on any atom is -0.462 e. The molecule has 0 radical (unpaired) electrons. The lowest BCUT2D eigenvalue weighted by Crippen LogP contribution is -2.29. The fourth-order valence-corrected chi connectivity index (χ4v) is 6.23. The Balaban J connectivity index is 4.22. The molecule has 0 heterocycles. The highest BCUT2D eigenvalue weighted by Gasteiger charge is 2.26. The van der Waals surface area contributed by atoms with E-state index in [1.807, 2.05) is 0 Å². The van der Waals surface area contributed by atoms with Crippen LogP contribution in [0.15, 0.2) is 36.5 Å². The number of rotatable bonds is 38. The maximum atomic E-state index is 12.5. The molecule has 0 spiro atoms. The molecular formula is C41H76NO8P. The number of allylic oxidation sites excluding steroid dienone is 6. The number of ether oxygens (including phenoxy) is 2. The van der Waals surface area contributed by atoms with Crippen LogP contribution in [0.2, 0.25) is 0 Å². The van der Waals surface area contributed by atoms with Gasteiger partial charge in [0.05, 0.1) is 13.2 Å². The highest BCUT2D eigenvalue weighted by Crippen LogP contribution is 2.43. The minimum atomic E-state index is -4.38. The minimum absolute atomic E-state index is 0.0505. The first-order valence-corrected chi connectivity index (χ1v) is 22.0. The molecule has 0 aliphatic carbocycles. The predicted octanol–water partition coefficient (Wildman–Crippen LogP) is 11.4. The van der Waals surface area contributed by atoms with Crippen molar-refractivity contribution < 1.29 is 37.6 Å². The first-order valence-electron chi connectivity index (χ1n) is 20.5. The second-order valence-electron chi connectivity index (χ2n) is 13.5. The molecule has 3 N–H and O–H groups in total. The fraction of sp³-hybridized carbons (Fsp3) is 0.805. The van der Waals surface area contributed by atoms with Crippen LogP contribution in [0.25, 0.3) is 0 Å². The van der Waals surface area contributed by atoms with Crippen molar-refractivity contribution in [3.8, 4) is 0 Å². The Kier molecular flexibility index (Phi) is 36.7. The largest absolute Gasteiger partial charge is 0.472 e. The molecule has 51 heavy (non-hydrogen) atoms. The van der Waals surface area contributed by atoms with Gasteiger partial charge in [0.15, 0.2) is 6.10 Å². The van der Waals surface area contributed by atoms with Gasteiger partial charge in [-0.3, -0.25) is 18.6 Å². The summed E-state index contributed by atoms with van der Waals surface area (Å²) in [5.41, 5.74) is 5.34. The number of phosphoric ester groups is 1. The Morgan fingerprint density at radius 2 is 1.02 bits per heavy atom. The van der Waals surface area contributed by atoms with Gasteiger partial charge >= 0.3 is 19.8 Å². The maximum absolute atomic E-state index is 12.5. The van der Waals surface area contributed by atoms with Gasteiger partial charge in [0.25, 0.3) is 0 Å². The first kappa shape index (κ1) is 49.2. The van der Waals surface area contributed by atoms with E-state index in [-0.39, 0.29) is 32.6 Å². The highest BCUT2D eigenvalue weighted by molar-refractivity contribution is 7.47. The normalized spacial score (nSPS) is 13.7. The lowest BCUT2D eigenvalue weighted by atomic mass is 10.0. The van der Waals surface area contributed by atoms with Crippen LogP contribution in [-0.4, -0.2) is 49.3 Å². The molecule has 0 aromatic rings. The Bertz CT molecular complexity index is 939. The average molecular weight is 742 g/mol. The molecule has 0 fully saturated rings.